The molecule has 0 amide bonds. The number of hydrogen-bond donors (Lipinski definition) is 0. The fourth-order valence-corrected chi connectivity index (χ4v) is 6.43. The van der Waals surface area contributed by atoms with Gasteiger partial charge in [0.2, 0.25) is 0 Å². The molecule has 3 heterocycles. The van der Waals surface area contributed by atoms with Crippen molar-refractivity contribution >= 4 is 65.6 Å². The summed E-state index contributed by atoms with van der Waals surface area (Å²) in [4.78, 5) is 0. The molecule has 0 saturated heterocycles. The number of hydrogen-bond acceptors (Lipinski definition) is 1. The first kappa shape index (κ1) is 23.6. The van der Waals surface area contributed by atoms with Crippen LogP contribution in [0.3, 0.4) is 0 Å². The molecule has 9 aromatic rings. The van der Waals surface area contributed by atoms with E-state index in [1.165, 1.54) is 43.6 Å². The quantitative estimate of drug-likeness (QED) is 0.219. The van der Waals surface area contributed by atoms with E-state index in [0.717, 1.165) is 33.3 Å². The monoisotopic (exact) mass is 528 g/mol. The largest absolute Gasteiger partial charge is 0.456 e. The molecule has 0 aliphatic carbocycles. The average Bonchev–Trinajstić information content (AvgIpc) is 3.69. The zero-order chi connectivity index (χ0) is 27.5. The molecule has 0 atom stereocenters. The van der Waals surface area contributed by atoms with Crippen LogP contribution in [-0.2, 0) is 0 Å². The number of rotatable bonds is 2. The molecule has 0 bridgehead atoms. The molecular weight excluding hydrogens is 500 g/mol. The summed E-state index contributed by atoms with van der Waals surface area (Å²) >= 11 is 0. The van der Waals surface area contributed by atoms with Gasteiger partial charge >= 0.3 is 0 Å². The van der Waals surface area contributed by atoms with Crippen LogP contribution in [0.1, 0.15) is 13.8 Å². The van der Waals surface area contributed by atoms with Gasteiger partial charge in [0.05, 0.1) is 22.1 Å². The van der Waals surface area contributed by atoms with Crippen LogP contribution in [0.25, 0.3) is 76.9 Å². The normalized spacial score (nSPS) is 11.7. The van der Waals surface area contributed by atoms with Crippen LogP contribution in [0.5, 0.6) is 0 Å². The number of benzene rings is 6. The van der Waals surface area contributed by atoms with Crippen LogP contribution in [0.15, 0.2) is 138 Å². The van der Waals surface area contributed by atoms with E-state index in [9.17, 15) is 0 Å². The SMILES string of the molecule is CC.c1ccc2c(c1)c1ccccc1n2-c1ccc2oc3ccc(-n4c5ccccc5c5ccccc54)cc3c2c1. The predicted molar refractivity (Wildman–Crippen MR) is 174 cm³/mol. The van der Waals surface area contributed by atoms with Crippen molar-refractivity contribution in [3.05, 3.63) is 133 Å². The Morgan fingerprint density at radius 2 is 0.683 bits per heavy atom. The molecule has 3 heteroatoms. The Kier molecular flexibility index (Phi) is 5.26. The lowest BCUT2D eigenvalue weighted by Crippen LogP contribution is -1.94. The molecule has 0 N–H and O–H groups in total. The van der Waals surface area contributed by atoms with Crippen LogP contribution in [0.2, 0.25) is 0 Å². The highest BCUT2D eigenvalue weighted by molar-refractivity contribution is 6.12. The molecule has 0 saturated carbocycles. The van der Waals surface area contributed by atoms with Crippen LogP contribution in [0.4, 0.5) is 0 Å². The van der Waals surface area contributed by atoms with E-state index in [1.54, 1.807) is 0 Å². The molecule has 0 aliphatic rings. The van der Waals surface area contributed by atoms with Gasteiger partial charge in [-0.1, -0.05) is 86.6 Å². The maximum Gasteiger partial charge on any atom is 0.135 e. The fraction of sp³-hybridized carbons (Fsp3) is 0.0526. The summed E-state index contributed by atoms with van der Waals surface area (Å²) in [6.07, 6.45) is 0. The molecule has 9 rings (SSSR count). The van der Waals surface area contributed by atoms with Crippen molar-refractivity contribution in [2.45, 2.75) is 13.8 Å². The summed E-state index contributed by atoms with van der Waals surface area (Å²) in [6.45, 7) is 4.00. The molecular formula is C38H28N2O. The molecule has 0 aliphatic heterocycles. The van der Waals surface area contributed by atoms with Crippen molar-refractivity contribution in [2.75, 3.05) is 0 Å². The third kappa shape index (κ3) is 3.39. The molecule has 0 radical (unpaired) electrons. The number of fused-ring (bicyclic) bond motifs is 9. The second-order valence-corrected chi connectivity index (χ2v) is 10.2. The third-order valence-corrected chi connectivity index (χ3v) is 8.11. The summed E-state index contributed by atoms with van der Waals surface area (Å²) in [5, 5.41) is 7.29. The number of furan rings is 1. The van der Waals surface area contributed by atoms with Crippen molar-refractivity contribution in [3.63, 3.8) is 0 Å². The maximum atomic E-state index is 6.33. The molecule has 41 heavy (non-hydrogen) atoms. The van der Waals surface area contributed by atoms with Crippen molar-refractivity contribution in [1.82, 2.24) is 9.13 Å². The van der Waals surface area contributed by atoms with Gasteiger partial charge in [-0.3, -0.25) is 0 Å². The summed E-state index contributed by atoms with van der Waals surface area (Å²) in [7, 11) is 0. The molecule has 3 aromatic heterocycles. The minimum absolute atomic E-state index is 0.897. The second-order valence-electron chi connectivity index (χ2n) is 10.2. The molecule has 0 spiro atoms. The van der Waals surface area contributed by atoms with Gasteiger partial charge < -0.3 is 13.6 Å². The van der Waals surface area contributed by atoms with Crippen LogP contribution < -0.4 is 0 Å². The van der Waals surface area contributed by atoms with Gasteiger partial charge in [-0.25, -0.2) is 0 Å². The Balaban J connectivity index is 0.00000125. The molecule has 6 aromatic carbocycles. The summed E-state index contributed by atoms with van der Waals surface area (Å²) in [5.74, 6) is 0. The van der Waals surface area contributed by atoms with Crippen molar-refractivity contribution in [1.29, 1.82) is 0 Å². The average molecular weight is 529 g/mol. The molecule has 3 nitrogen and oxygen atoms in total. The van der Waals surface area contributed by atoms with Gasteiger partial charge in [-0.05, 0) is 60.7 Å². The van der Waals surface area contributed by atoms with E-state index in [0.29, 0.717) is 0 Å². The Morgan fingerprint density at radius 1 is 0.366 bits per heavy atom. The lowest BCUT2D eigenvalue weighted by atomic mass is 10.1. The summed E-state index contributed by atoms with van der Waals surface area (Å²) in [5.41, 5.74) is 8.87. The van der Waals surface area contributed by atoms with Crippen LogP contribution in [0, 0.1) is 0 Å². The third-order valence-electron chi connectivity index (χ3n) is 8.11. The van der Waals surface area contributed by atoms with E-state index in [4.69, 9.17) is 4.42 Å². The Hall–Kier alpha value is -5.28. The lowest BCUT2D eigenvalue weighted by Gasteiger charge is -2.09. The first-order valence-electron chi connectivity index (χ1n) is 14.3. The number of aromatic nitrogens is 2. The van der Waals surface area contributed by atoms with Crippen LogP contribution >= 0.6 is 0 Å². The van der Waals surface area contributed by atoms with Gasteiger partial charge in [-0.15, -0.1) is 0 Å². The van der Waals surface area contributed by atoms with Crippen molar-refractivity contribution in [2.24, 2.45) is 0 Å². The summed E-state index contributed by atoms with van der Waals surface area (Å²) < 4.78 is 11.1. The van der Waals surface area contributed by atoms with E-state index < -0.39 is 0 Å². The number of para-hydroxylation sites is 4. The summed E-state index contributed by atoms with van der Waals surface area (Å²) in [6, 6.07) is 47.6. The van der Waals surface area contributed by atoms with E-state index in [1.807, 2.05) is 13.8 Å². The smallest absolute Gasteiger partial charge is 0.135 e. The topological polar surface area (TPSA) is 23.0 Å². The second kappa shape index (κ2) is 9.14. The van der Waals surface area contributed by atoms with Gasteiger partial charge in [-0.2, -0.15) is 0 Å². The zero-order valence-electron chi connectivity index (χ0n) is 23.0. The fourth-order valence-electron chi connectivity index (χ4n) is 6.43. The van der Waals surface area contributed by atoms with Gasteiger partial charge in [0.15, 0.2) is 0 Å². The van der Waals surface area contributed by atoms with E-state index in [2.05, 4.69) is 143 Å². The van der Waals surface area contributed by atoms with Gasteiger partial charge in [0.1, 0.15) is 11.2 Å². The van der Waals surface area contributed by atoms with Gasteiger partial charge in [0, 0.05) is 43.7 Å². The molecule has 0 fully saturated rings. The van der Waals surface area contributed by atoms with Gasteiger partial charge in [0.25, 0.3) is 0 Å². The van der Waals surface area contributed by atoms with Crippen molar-refractivity contribution in [3.8, 4) is 11.4 Å². The minimum Gasteiger partial charge on any atom is -0.456 e. The Morgan fingerprint density at radius 3 is 1.02 bits per heavy atom. The van der Waals surface area contributed by atoms with Crippen LogP contribution in [-0.4, -0.2) is 9.13 Å². The standard InChI is InChI=1S/C36H22N2O.C2H6/c1-5-13-31-25(9-1)26-10-2-6-14-32(26)37(31)23-17-19-35-29(21-23)30-22-24(18-20-36(30)39-35)38-33-15-7-3-11-27(33)28-12-4-8-16-34(28)38;1-2/h1-22H;1-2H3. The first-order valence-corrected chi connectivity index (χ1v) is 14.3. The Bertz CT molecular complexity index is 2130. The highest BCUT2D eigenvalue weighted by Crippen LogP contribution is 2.37. The Labute approximate surface area is 237 Å². The molecule has 196 valence electrons. The highest BCUT2D eigenvalue weighted by Gasteiger charge is 2.16. The predicted octanol–water partition coefficient (Wildman–Crippen LogP) is 10.8. The zero-order valence-corrected chi connectivity index (χ0v) is 23.0. The maximum absolute atomic E-state index is 6.33. The highest BCUT2D eigenvalue weighted by atomic mass is 16.3. The first-order chi connectivity index (χ1) is 20.3. The van der Waals surface area contributed by atoms with E-state index >= 15 is 0 Å². The molecule has 0 unspecified atom stereocenters. The van der Waals surface area contributed by atoms with Crippen molar-refractivity contribution < 1.29 is 4.42 Å². The van der Waals surface area contributed by atoms with E-state index in [-0.39, 0.29) is 0 Å². The lowest BCUT2D eigenvalue weighted by molar-refractivity contribution is 0.669. The number of nitrogens with zero attached hydrogens (tertiary/aromatic N) is 2. The minimum atomic E-state index is 0.897.